The van der Waals surface area contributed by atoms with Crippen molar-refractivity contribution in [3.05, 3.63) is 23.5 Å². The number of nitrogen functional groups attached to an aromatic ring is 1. The molecule has 0 bridgehead atoms. The first-order chi connectivity index (χ1) is 9.67. The van der Waals surface area contributed by atoms with E-state index in [0.717, 1.165) is 31.4 Å². The van der Waals surface area contributed by atoms with Crippen molar-refractivity contribution in [2.24, 2.45) is 5.84 Å². The Kier molecular flexibility index (Phi) is 4.92. The van der Waals surface area contributed by atoms with Crippen LogP contribution < -0.4 is 11.3 Å². The van der Waals surface area contributed by atoms with E-state index in [0.29, 0.717) is 17.8 Å². The molecule has 1 heterocycles. The zero-order chi connectivity index (χ0) is 14.5. The fourth-order valence-electron chi connectivity index (χ4n) is 2.78. The largest absolute Gasteiger partial charge is 0.395 e. The second-order valence-electron chi connectivity index (χ2n) is 5.18. The Bertz CT molecular complexity index is 472. The molecule has 0 aliphatic heterocycles. The summed E-state index contributed by atoms with van der Waals surface area (Å²) in [5.74, 6) is 5.37. The van der Waals surface area contributed by atoms with Gasteiger partial charge < -0.3 is 15.4 Å². The lowest BCUT2D eigenvalue weighted by molar-refractivity contribution is 0.0638. The number of aliphatic hydroxyl groups is 1. The Labute approximate surface area is 119 Å². The SMILES string of the molecule is Cc1cc(NN)c(C(=O)N(CCO)C2CCCC2)cn1. The van der Waals surface area contributed by atoms with E-state index in [4.69, 9.17) is 5.84 Å². The first-order valence-electron chi connectivity index (χ1n) is 7.02. The highest BCUT2D eigenvalue weighted by atomic mass is 16.3. The van der Waals surface area contributed by atoms with Crippen molar-refractivity contribution in [1.29, 1.82) is 0 Å². The number of aliphatic hydroxyl groups excluding tert-OH is 1. The van der Waals surface area contributed by atoms with Gasteiger partial charge in [-0.1, -0.05) is 12.8 Å². The zero-order valence-electron chi connectivity index (χ0n) is 11.8. The summed E-state index contributed by atoms with van der Waals surface area (Å²) in [7, 11) is 0. The van der Waals surface area contributed by atoms with Gasteiger partial charge in [-0.2, -0.15) is 0 Å². The van der Waals surface area contributed by atoms with Crippen LogP contribution in [0.3, 0.4) is 0 Å². The van der Waals surface area contributed by atoms with Gasteiger partial charge in [-0.25, -0.2) is 0 Å². The third-order valence-corrected chi connectivity index (χ3v) is 3.79. The maximum atomic E-state index is 12.7. The standard InChI is InChI=1S/C14H22N4O2/c1-10-8-13(17-15)12(9-16-10)14(20)18(6-7-19)11-4-2-3-5-11/h8-9,11,19H,2-7,15H2,1H3,(H,16,17). The number of rotatable bonds is 5. The maximum absolute atomic E-state index is 12.7. The van der Waals surface area contributed by atoms with Gasteiger partial charge in [0.25, 0.3) is 5.91 Å². The number of nitrogens with zero attached hydrogens (tertiary/aromatic N) is 2. The molecule has 1 amide bonds. The number of hydrogen-bond acceptors (Lipinski definition) is 5. The summed E-state index contributed by atoms with van der Waals surface area (Å²) >= 11 is 0. The smallest absolute Gasteiger partial charge is 0.257 e. The highest BCUT2D eigenvalue weighted by Crippen LogP contribution is 2.26. The highest BCUT2D eigenvalue weighted by Gasteiger charge is 2.28. The molecule has 1 aliphatic rings. The van der Waals surface area contributed by atoms with Gasteiger partial charge in [0.05, 0.1) is 17.9 Å². The predicted octanol–water partition coefficient (Wildman–Crippen LogP) is 1.05. The fourth-order valence-corrected chi connectivity index (χ4v) is 2.78. The van der Waals surface area contributed by atoms with Crippen molar-refractivity contribution in [3.8, 4) is 0 Å². The molecular weight excluding hydrogens is 256 g/mol. The van der Waals surface area contributed by atoms with Crippen LogP contribution in [0.1, 0.15) is 41.7 Å². The molecule has 1 saturated carbocycles. The average molecular weight is 278 g/mol. The van der Waals surface area contributed by atoms with E-state index in [1.165, 1.54) is 0 Å². The molecule has 110 valence electrons. The molecule has 0 unspecified atom stereocenters. The average Bonchev–Trinajstić information content (AvgIpc) is 2.97. The second kappa shape index (κ2) is 6.67. The lowest BCUT2D eigenvalue weighted by Crippen LogP contribution is -2.41. The van der Waals surface area contributed by atoms with Crippen LogP contribution in [0.2, 0.25) is 0 Å². The summed E-state index contributed by atoms with van der Waals surface area (Å²) in [6.45, 7) is 2.16. The Hall–Kier alpha value is -1.66. The van der Waals surface area contributed by atoms with Gasteiger partial charge in [-0.15, -0.1) is 0 Å². The maximum Gasteiger partial charge on any atom is 0.257 e. The molecule has 6 heteroatoms. The second-order valence-corrected chi connectivity index (χ2v) is 5.18. The highest BCUT2D eigenvalue weighted by molar-refractivity contribution is 5.99. The number of nitrogens with two attached hydrogens (primary N) is 1. The summed E-state index contributed by atoms with van der Waals surface area (Å²) in [5, 5.41) is 9.21. The van der Waals surface area contributed by atoms with E-state index in [2.05, 4.69) is 10.4 Å². The number of pyridine rings is 1. The van der Waals surface area contributed by atoms with Gasteiger partial charge >= 0.3 is 0 Å². The van der Waals surface area contributed by atoms with Crippen molar-refractivity contribution in [1.82, 2.24) is 9.88 Å². The van der Waals surface area contributed by atoms with Crippen molar-refractivity contribution >= 4 is 11.6 Å². The molecule has 1 fully saturated rings. The minimum atomic E-state index is -0.119. The van der Waals surface area contributed by atoms with Crippen LogP contribution in [0.15, 0.2) is 12.3 Å². The minimum absolute atomic E-state index is 0.0348. The molecule has 0 aromatic carbocycles. The Morgan fingerprint density at radius 1 is 1.55 bits per heavy atom. The van der Waals surface area contributed by atoms with Gasteiger partial charge in [0.1, 0.15) is 0 Å². The zero-order valence-corrected chi connectivity index (χ0v) is 11.8. The van der Waals surface area contributed by atoms with E-state index >= 15 is 0 Å². The van der Waals surface area contributed by atoms with E-state index in [9.17, 15) is 9.90 Å². The van der Waals surface area contributed by atoms with Gasteiger partial charge in [-0.3, -0.25) is 15.6 Å². The van der Waals surface area contributed by atoms with E-state index < -0.39 is 0 Å². The van der Waals surface area contributed by atoms with Crippen LogP contribution in [-0.2, 0) is 0 Å². The summed E-state index contributed by atoms with van der Waals surface area (Å²) in [5.41, 5.74) is 4.38. The number of aryl methyl sites for hydroxylation is 1. The number of carbonyl (C=O) groups excluding carboxylic acids is 1. The topological polar surface area (TPSA) is 91.5 Å². The molecule has 2 rings (SSSR count). The molecule has 0 spiro atoms. The van der Waals surface area contributed by atoms with E-state index in [1.54, 1.807) is 17.2 Å². The third-order valence-electron chi connectivity index (χ3n) is 3.79. The third kappa shape index (κ3) is 3.08. The molecular formula is C14H22N4O2. The predicted molar refractivity (Wildman–Crippen MR) is 77.2 cm³/mol. The molecule has 20 heavy (non-hydrogen) atoms. The van der Waals surface area contributed by atoms with Crippen LogP contribution in [0, 0.1) is 6.92 Å². The van der Waals surface area contributed by atoms with Crippen LogP contribution in [0.25, 0.3) is 0 Å². The van der Waals surface area contributed by atoms with Crippen LogP contribution in [0.5, 0.6) is 0 Å². The molecule has 0 saturated heterocycles. The number of amides is 1. The Morgan fingerprint density at radius 3 is 2.85 bits per heavy atom. The Balaban J connectivity index is 2.26. The number of hydrogen-bond donors (Lipinski definition) is 3. The molecule has 0 atom stereocenters. The van der Waals surface area contributed by atoms with Gasteiger partial charge in [0.15, 0.2) is 0 Å². The Morgan fingerprint density at radius 2 is 2.25 bits per heavy atom. The molecule has 1 aromatic rings. The first-order valence-corrected chi connectivity index (χ1v) is 7.02. The molecule has 4 N–H and O–H groups in total. The lowest BCUT2D eigenvalue weighted by atomic mass is 10.1. The summed E-state index contributed by atoms with van der Waals surface area (Å²) < 4.78 is 0. The van der Waals surface area contributed by atoms with Gasteiger partial charge in [-0.05, 0) is 25.8 Å². The summed E-state index contributed by atoms with van der Waals surface area (Å²) in [6, 6.07) is 1.96. The number of aromatic nitrogens is 1. The normalized spacial score (nSPS) is 15.3. The molecule has 1 aliphatic carbocycles. The van der Waals surface area contributed by atoms with Crippen LogP contribution in [-0.4, -0.2) is 40.1 Å². The van der Waals surface area contributed by atoms with Crippen LogP contribution in [0.4, 0.5) is 5.69 Å². The van der Waals surface area contributed by atoms with Gasteiger partial charge in [0, 0.05) is 24.5 Å². The first kappa shape index (κ1) is 14.7. The quantitative estimate of drug-likeness (QED) is 0.553. The fraction of sp³-hybridized carbons (Fsp3) is 0.571. The molecule has 0 radical (unpaired) electrons. The number of hydrazine groups is 1. The van der Waals surface area contributed by atoms with E-state index in [-0.39, 0.29) is 18.6 Å². The summed E-state index contributed by atoms with van der Waals surface area (Å²) in [6.07, 6.45) is 5.81. The number of anilines is 1. The molecule has 1 aromatic heterocycles. The summed E-state index contributed by atoms with van der Waals surface area (Å²) in [4.78, 5) is 18.6. The monoisotopic (exact) mass is 278 g/mol. The van der Waals surface area contributed by atoms with Crippen molar-refractivity contribution in [2.45, 2.75) is 38.6 Å². The van der Waals surface area contributed by atoms with Crippen molar-refractivity contribution in [3.63, 3.8) is 0 Å². The van der Waals surface area contributed by atoms with Crippen molar-refractivity contribution < 1.29 is 9.90 Å². The van der Waals surface area contributed by atoms with E-state index in [1.807, 2.05) is 6.92 Å². The van der Waals surface area contributed by atoms with Gasteiger partial charge in [0.2, 0.25) is 0 Å². The number of nitrogens with one attached hydrogen (secondary N) is 1. The lowest BCUT2D eigenvalue weighted by Gasteiger charge is -2.29. The van der Waals surface area contributed by atoms with Crippen molar-refractivity contribution in [2.75, 3.05) is 18.6 Å². The minimum Gasteiger partial charge on any atom is -0.395 e. The van der Waals surface area contributed by atoms with Crippen LogP contribution >= 0.6 is 0 Å². The number of carbonyl (C=O) groups is 1. The molecule has 6 nitrogen and oxygen atoms in total.